The predicted octanol–water partition coefficient (Wildman–Crippen LogP) is 1.74. The van der Waals surface area contributed by atoms with Crippen molar-refractivity contribution < 1.29 is 19.8 Å². The number of carbonyl (C=O) groups excluding carboxylic acids is 1. The van der Waals surface area contributed by atoms with Crippen LogP contribution in [0.15, 0.2) is 24.3 Å². The van der Waals surface area contributed by atoms with E-state index in [4.69, 9.17) is 5.11 Å². The van der Waals surface area contributed by atoms with Crippen LogP contribution in [0.3, 0.4) is 0 Å². The van der Waals surface area contributed by atoms with Crippen molar-refractivity contribution in [2.45, 2.75) is 19.4 Å². The Labute approximate surface area is 111 Å². The predicted molar refractivity (Wildman–Crippen MR) is 71.4 cm³/mol. The van der Waals surface area contributed by atoms with Gasteiger partial charge in [-0.3, -0.25) is 4.90 Å². The van der Waals surface area contributed by atoms with Crippen LogP contribution < -0.4 is 4.90 Å². The Hall–Kier alpha value is -2.24. The highest BCUT2D eigenvalue weighted by atomic mass is 16.4. The number of amides is 2. The Morgan fingerprint density at radius 3 is 2.16 bits per heavy atom. The monoisotopic (exact) mass is 266 g/mol. The highest BCUT2D eigenvalue weighted by molar-refractivity contribution is 5.93. The second-order valence-electron chi connectivity index (χ2n) is 4.23. The van der Waals surface area contributed by atoms with Crippen molar-refractivity contribution >= 4 is 17.7 Å². The van der Waals surface area contributed by atoms with Gasteiger partial charge in [-0.15, -0.1) is 0 Å². The van der Waals surface area contributed by atoms with Crippen molar-refractivity contribution in [1.82, 2.24) is 4.90 Å². The molecule has 0 aromatic heterocycles. The lowest BCUT2D eigenvalue weighted by Gasteiger charge is -2.28. The lowest BCUT2D eigenvalue weighted by Crippen LogP contribution is -2.47. The van der Waals surface area contributed by atoms with Gasteiger partial charge in [-0.05, 0) is 30.7 Å². The minimum absolute atomic E-state index is 0.106. The summed E-state index contributed by atoms with van der Waals surface area (Å²) in [6.45, 7) is 1.71. The fraction of sp³-hybridized carbons (Fsp3) is 0.385. The maximum absolute atomic E-state index is 12.2. The zero-order valence-corrected chi connectivity index (χ0v) is 11.2. The molecule has 6 heteroatoms. The number of rotatable bonds is 4. The molecule has 1 aromatic rings. The first kappa shape index (κ1) is 14.8. The first-order valence-corrected chi connectivity index (χ1v) is 5.90. The molecule has 1 unspecified atom stereocenters. The van der Waals surface area contributed by atoms with Gasteiger partial charge in [0, 0.05) is 19.8 Å². The molecule has 2 N–H and O–H groups in total. The molecule has 0 aliphatic heterocycles. The van der Waals surface area contributed by atoms with Crippen LogP contribution in [0.2, 0.25) is 0 Å². The Morgan fingerprint density at radius 1 is 1.21 bits per heavy atom. The van der Waals surface area contributed by atoms with Gasteiger partial charge in [-0.2, -0.15) is 0 Å². The summed E-state index contributed by atoms with van der Waals surface area (Å²) in [6, 6.07) is 4.83. The van der Waals surface area contributed by atoms with Crippen molar-refractivity contribution in [1.29, 1.82) is 0 Å². The molecule has 1 atom stereocenters. The third kappa shape index (κ3) is 3.37. The van der Waals surface area contributed by atoms with Gasteiger partial charge in [0.1, 0.15) is 11.8 Å². The van der Waals surface area contributed by atoms with Crippen LogP contribution in [-0.2, 0) is 4.79 Å². The smallest absolute Gasteiger partial charge is 0.326 e. The van der Waals surface area contributed by atoms with Gasteiger partial charge in [0.25, 0.3) is 0 Å². The molecule has 0 saturated carbocycles. The summed E-state index contributed by atoms with van der Waals surface area (Å²) in [6.07, 6.45) is 0.334. The van der Waals surface area contributed by atoms with Crippen LogP contribution in [0.1, 0.15) is 13.3 Å². The van der Waals surface area contributed by atoms with Crippen molar-refractivity contribution in [2.24, 2.45) is 0 Å². The SMILES string of the molecule is CCC(C(=O)O)N(C)C(=O)N(C)c1ccc(O)cc1. The summed E-state index contributed by atoms with van der Waals surface area (Å²) >= 11 is 0. The zero-order valence-electron chi connectivity index (χ0n) is 11.2. The molecule has 104 valence electrons. The molecule has 6 nitrogen and oxygen atoms in total. The van der Waals surface area contributed by atoms with Crippen LogP contribution in [0, 0.1) is 0 Å². The largest absolute Gasteiger partial charge is 0.508 e. The number of anilines is 1. The number of carbonyl (C=O) groups is 2. The number of carboxylic acids is 1. The van der Waals surface area contributed by atoms with Crippen LogP contribution >= 0.6 is 0 Å². The Morgan fingerprint density at radius 2 is 1.74 bits per heavy atom. The zero-order chi connectivity index (χ0) is 14.6. The minimum Gasteiger partial charge on any atom is -0.508 e. The molecule has 0 saturated heterocycles. The van der Waals surface area contributed by atoms with Crippen molar-refractivity contribution in [2.75, 3.05) is 19.0 Å². The van der Waals surface area contributed by atoms with Crippen LogP contribution in [0.5, 0.6) is 5.75 Å². The fourth-order valence-corrected chi connectivity index (χ4v) is 1.77. The van der Waals surface area contributed by atoms with Gasteiger partial charge >= 0.3 is 12.0 Å². The van der Waals surface area contributed by atoms with E-state index in [1.54, 1.807) is 26.1 Å². The van der Waals surface area contributed by atoms with E-state index in [0.717, 1.165) is 0 Å². The molecule has 0 bridgehead atoms. The number of likely N-dealkylation sites (N-methyl/N-ethyl adjacent to an activating group) is 1. The molecular weight excluding hydrogens is 248 g/mol. The number of aromatic hydroxyl groups is 1. The van der Waals surface area contributed by atoms with Gasteiger partial charge in [0.05, 0.1) is 0 Å². The Bertz CT molecular complexity index is 458. The molecule has 0 spiro atoms. The number of phenols is 1. The van der Waals surface area contributed by atoms with E-state index in [9.17, 15) is 14.7 Å². The van der Waals surface area contributed by atoms with Gasteiger partial charge in [-0.1, -0.05) is 6.92 Å². The van der Waals surface area contributed by atoms with Gasteiger partial charge < -0.3 is 15.1 Å². The van der Waals surface area contributed by atoms with E-state index in [-0.39, 0.29) is 5.75 Å². The van der Waals surface area contributed by atoms with Gasteiger partial charge in [0.2, 0.25) is 0 Å². The molecule has 1 rings (SSSR count). The maximum atomic E-state index is 12.2. The van der Waals surface area contributed by atoms with E-state index in [1.807, 2.05) is 0 Å². The molecule has 0 heterocycles. The third-order valence-electron chi connectivity index (χ3n) is 2.96. The summed E-state index contributed by atoms with van der Waals surface area (Å²) in [7, 11) is 3.02. The summed E-state index contributed by atoms with van der Waals surface area (Å²) in [5.74, 6) is -0.924. The molecule has 19 heavy (non-hydrogen) atoms. The van der Waals surface area contributed by atoms with Crippen molar-refractivity contribution in [3.63, 3.8) is 0 Å². The molecule has 0 aliphatic carbocycles. The molecule has 1 aromatic carbocycles. The molecule has 0 radical (unpaired) electrons. The van der Waals surface area contributed by atoms with Crippen molar-refractivity contribution in [3.05, 3.63) is 24.3 Å². The minimum atomic E-state index is -1.03. The number of urea groups is 1. The molecule has 2 amide bonds. The second-order valence-corrected chi connectivity index (χ2v) is 4.23. The van der Waals surface area contributed by atoms with E-state index in [1.165, 1.54) is 29.0 Å². The topological polar surface area (TPSA) is 81.1 Å². The molecule has 0 aliphatic rings. The number of aliphatic carboxylic acids is 1. The summed E-state index contributed by atoms with van der Waals surface area (Å²) in [5.41, 5.74) is 0.579. The molecule has 0 fully saturated rings. The lowest BCUT2D eigenvalue weighted by atomic mass is 10.2. The number of nitrogens with zero attached hydrogens (tertiary/aromatic N) is 2. The van der Waals surface area contributed by atoms with Crippen LogP contribution in [0.4, 0.5) is 10.5 Å². The fourth-order valence-electron chi connectivity index (χ4n) is 1.77. The summed E-state index contributed by atoms with van der Waals surface area (Å²) in [4.78, 5) is 25.7. The van der Waals surface area contributed by atoms with E-state index < -0.39 is 18.0 Å². The number of phenolic OH excluding ortho intramolecular Hbond substituents is 1. The number of hydrogen-bond donors (Lipinski definition) is 2. The summed E-state index contributed by atoms with van der Waals surface area (Å²) in [5, 5.41) is 18.2. The van der Waals surface area contributed by atoms with Crippen LogP contribution in [0.25, 0.3) is 0 Å². The van der Waals surface area contributed by atoms with Gasteiger partial charge in [0.15, 0.2) is 0 Å². The average molecular weight is 266 g/mol. The Kier molecular flexibility index (Phi) is 4.74. The maximum Gasteiger partial charge on any atom is 0.326 e. The number of carboxylic acid groups (broad SMARTS) is 1. The third-order valence-corrected chi connectivity index (χ3v) is 2.96. The van der Waals surface area contributed by atoms with Crippen LogP contribution in [-0.4, -0.2) is 47.3 Å². The molecular formula is C13H18N2O4. The number of hydrogen-bond acceptors (Lipinski definition) is 3. The van der Waals surface area contributed by atoms with E-state index in [2.05, 4.69) is 0 Å². The van der Waals surface area contributed by atoms with E-state index in [0.29, 0.717) is 12.1 Å². The van der Waals surface area contributed by atoms with Crippen molar-refractivity contribution in [3.8, 4) is 5.75 Å². The van der Waals surface area contributed by atoms with Gasteiger partial charge in [-0.25, -0.2) is 9.59 Å². The number of benzene rings is 1. The standard InChI is InChI=1S/C13H18N2O4/c1-4-11(12(17)18)15(3)13(19)14(2)9-5-7-10(16)8-6-9/h5-8,11,16H,4H2,1-3H3,(H,17,18). The lowest BCUT2D eigenvalue weighted by molar-refractivity contribution is -0.141. The summed E-state index contributed by atoms with van der Waals surface area (Å²) < 4.78 is 0. The normalized spacial score (nSPS) is 11.7. The highest BCUT2D eigenvalue weighted by Crippen LogP contribution is 2.19. The quantitative estimate of drug-likeness (QED) is 0.869. The average Bonchev–Trinajstić information content (AvgIpc) is 2.38. The first-order chi connectivity index (χ1) is 8.88. The highest BCUT2D eigenvalue weighted by Gasteiger charge is 2.27. The van der Waals surface area contributed by atoms with E-state index >= 15 is 0 Å². The first-order valence-electron chi connectivity index (χ1n) is 5.90. The Balaban J connectivity index is 2.87. The second kappa shape index (κ2) is 6.08.